The predicted octanol–water partition coefficient (Wildman–Crippen LogP) is 0.981. The van der Waals surface area contributed by atoms with Gasteiger partial charge in [-0.05, 0) is 19.3 Å². The number of hydrogen-bond donors (Lipinski definition) is 2. The Labute approximate surface area is 76.9 Å². The maximum absolute atomic E-state index is 5.55. The average Bonchev–Trinajstić information content (AvgIpc) is 1.87. The topological polar surface area (TPSA) is 52.0 Å². The molecule has 58 valence electrons. The van der Waals surface area contributed by atoms with E-state index in [2.05, 4.69) is 0 Å². The molecule has 0 aromatic carbocycles. The van der Waals surface area contributed by atoms with Crippen LogP contribution in [0.4, 0.5) is 0 Å². The van der Waals surface area contributed by atoms with Crippen molar-refractivity contribution < 1.29 is 0 Å². The van der Waals surface area contributed by atoms with Crippen LogP contribution in [-0.4, -0.2) is 12.1 Å². The van der Waals surface area contributed by atoms with Gasteiger partial charge in [0.05, 0.1) is 0 Å². The zero-order valence-electron chi connectivity index (χ0n) is 5.25. The van der Waals surface area contributed by atoms with Crippen molar-refractivity contribution in [3.05, 3.63) is 0 Å². The third-order valence-corrected chi connectivity index (χ3v) is 1.51. The van der Waals surface area contributed by atoms with Crippen LogP contribution in [0, 0.1) is 0 Å². The third-order valence-electron chi connectivity index (χ3n) is 1.51. The molecule has 1 aliphatic carbocycles. The Balaban J connectivity index is 0. The molecule has 0 radical (unpaired) electrons. The van der Waals surface area contributed by atoms with Gasteiger partial charge in [-0.2, -0.15) is 0 Å². The summed E-state index contributed by atoms with van der Waals surface area (Å²) >= 11 is 0. The standard InChI is InChI=1S/C5H12N2.2BrH/c6-4-1-2-5(7)3-4;;/h4-5H,1-3,6-7H2;2*1H. The van der Waals surface area contributed by atoms with Gasteiger partial charge in [0.2, 0.25) is 0 Å². The molecule has 0 aromatic heterocycles. The van der Waals surface area contributed by atoms with E-state index in [-0.39, 0.29) is 34.0 Å². The molecular formula is C5H14Br2N2. The Morgan fingerprint density at radius 3 is 1.33 bits per heavy atom. The Morgan fingerprint density at radius 2 is 1.22 bits per heavy atom. The van der Waals surface area contributed by atoms with Gasteiger partial charge < -0.3 is 11.5 Å². The lowest BCUT2D eigenvalue weighted by Gasteiger charge is -1.97. The zero-order valence-corrected chi connectivity index (χ0v) is 8.67. The maximum atomic E-state index is 5.55. The van der Waals surface area contributed by atoms with Crippen LogP contribution >= 0.6 is 34.0 Å². The SMILES string of the molecule is Br.Br.NC1CCC(N)C1. The van der Waals surface area contributed by atoms with E-state index in [4.69, 9.17) is 11.5 Å². The van der Waals surface area contributed by atoms with Crippen molar-refractivity contribution in [2.75, 3.05) is 0 Å². The molecule has 1 rings (SSSR count). The maximum Gasteiger partial charge on any atom is 0.00541 e. The molecule has 0 aromatic rings. The summed E-state index contributed by atoms with van der Waals surface area (Å²) in [6.45, 7) is 0. The fourth-order valence-electron chi connectivity index (χ4n) is 1.05. The summed E-state index contributed by atoms with van der Waals surface area (Å²) in [5, 5.41) is 0. The van der Waals surface area contributed by atoms with E-state index >= 15 is 0 Å². The highest BCUT2D eigenvalue weighted by Crippen LogP contribution is 2.13. The fraction of sp³-hybridized carbons (Fsp3) is 1.00. The number of nitrogens with two attached hydrogens (primary N) is 2. The van der Waals surface area contributed by atoms with Crippen LogP contribution < -0.4 is 11.5 Å². The Hall–Kier alpha value is 0.880. The molecule has 0 amide bonds. The lowest BCUT2D eigenvalue weighted by Crippen LogP contribution is -2.20. The van der Waals surface area contributed by atoms with Crippen molar-refractivity contribution in [2.24, 2.45) is 11.5 Å². The van der Waals surface area contributed by atoms with Crippen LogP contribution in [0.5, 0.6) is 0 Å². The van der Waals surface area contributed by atoms with Gasteiger partial charge in [0, 0.05) is 12.1 Å². The van der Waals surface area contributed by atoms with Crippen molar-refractivity contribution >= 4 is 34.0 Å². The molecule has 4 heteroatoms. The fourth-order valence-corrected chi connectivity index (χ4v) is 1.05. The van der Waals surface area contributed by atoms with E-state index in [1.165, 1.54) is 0 Å². The molecule has 1 aliphatic rings. The van der Waals surface area contributed by atoms with Crippen molar-refractivity contribution in [3.63, 3.8) is 0 Å². The minimum atomic E-state index is 0. The summed E-state index contributed by atoms with van der Waals surface area (Å²) in [6, 6.07) is 0.796. The Kier molecular flexibility index (Phi) is 7.87. The quantitative estimate of drug-likeness (QED) is 0.683. The average molecular weight is 262 g/mol. The molecule has 2 unspecified atom stereocenters. The van der Waals surface area contributed by atoms with E-state index < -0.39 is 0 Å². The van der Waals surface area contributed by atoms with E-state index in [9.17, 15) is 0 Å². The van der Waals surface area contributed by atoms with Crippen LogP contribution in [0.25, 0.3) is 0 Å². The molecule has 2 atom stereocenters. The smallest absolute Gasteiger partial charge is 0.00541 e. The number of rotatable bonds is 0. The highest BCUT2D eigenvalue weighted by molar-refractivity contribution is 8.93. The first kappa shape index (κ1) is 12.5. The minimum Gasteiger partial charge on any atom is -0.328 e. The predicted molar refractivity (Wildman–Crippen MR) is 50.4 cm³/mol. The van der Waals surface area contributed by atoms with E-state index in [0.717, 1.165) is 19.3 Å². The van der Waals surface area contributed by atoms with Crippen LogP contribution in [0.2, 0.25) is 0 Å². The third kappa shape index (κ3) is 4.31. The van der Waals surface area contributed by atoms with Crippen molar-refractivity contribution in [1.29, 1.82) is 0 Å². The highest BCUT2D eigenvalue weighted by Gasteiger charge is 2.16. The second kappa shape index (κ2) is 5.65. The van der Waals surface area contributed by atoms with Gasteiger partial charge in [0.1, 0.15) is 0 Å². The molecule has 0 aliphatic heterocycles. The minimum absolute atomic E-state index is 0. The summed E-state index contributed by atoms with van der Waals surface area (Å²) in [4.78, 5) is 0. The molecule has 2 nitrogen and oxygen atoms in total. The molecule has 1 fully saturated rings. The van der Waals surface area contributed by atoms with Crippen molar-refractivity contribution in [1.82, 2.24) is 0 Å². The second-order valence-electron chi connectivity index (χ2n) is 2.33. The van der Waals surface area contributed by atoms with Crippen LogP contribution in [0.1, 0.15) is 19.3 Å². The molecule has 1 saturated carbocycles. The molecule has 9 heavy (non-hydrogen) atoms. The largest absolute Gasteiger partial charge is 0.328 e. The molecule has 0 heterocycles. The highest BCUT2D eigenvalue weighted by atomic mass is 79.9. The summed E-state index contributed by atoms with van der Waals surface area (Å²) in [5.74, 6) is 0. The zero-order chi connectivity index (χ0) is 5.28. The Morgan fingerprint density at radius 1 is 0.889 bits per heavy atom. The van der Waals surface area contributed by atoms with Gasteiger partial charge in [-0.1, -0.05) is 0 Å². The number of hydrogen-bond acceptors (Lipinski definition) is 2. The van der Waals surface area contributed by atoms with Crippen molar-refractivity contribution in [3.8, 4) is 0 Å². The Bertz CT molecular complexity index is 62.0. The molecule has 4 N–H and O–H groups in total. The van der Waals surface area contributed by atoms with Crippen molar-refractivity contribution in [2.45, 2.75) is 31.3 Å². The van der Waals surface area contributed by atoms with Gasteiger partial charge in [-0.15, -0.1) is 34.0 Å². The first-order valence-corrected chi connectivity index (χ1v) is 2.80. The second-order valence-corrected chi connectivity index (χ2v) is 2.33. The lowest BCUT2D eigenvalue weighted by molar-refractivity contribution is 0.666. The van der Waals surface area contributed by atoms with E-state index in [0.29, 0.717) is 12.1 Å². The summed E-state index contributed by atoms with van der Waals surface area (Å²) in [6.07, 6.45) is 3.28. The number of halogens is 2. The van der Waals surface area contributed by atoms with Crippen LogP contribution in [-0.2, 0) is 0 Å². The van der Waals surface area contributed by atoms with Gasteiger partial charge in [0.25, 0.3) is 0 Å². The van der Waals surface area contributed by atoms with Crippen LogP contribution in [0.15, 0.2) is 0 Å². The summed E-state index contributed by atoms with van der Waals surface area (Å²) in [5.41, 5.74) is 11.1. The van der Waals surface area contributed by atoms with Gasteiger partial charge in [-0.3, -0.25) is 0 Å². The van der Waals surface area contributed by atoms with E-state index in [1.54, 1.807) is 0 Å². The van der Waals surface area contributed by atoms with Gasteiger partial charge in [0.15, 0.2) is 0 Å². The van der Waals surface area contributed by atoms with Gasteiger partial charge in [-0.25, -0.2) is 0 Å². The molecule has 0 bridgehead atoms. The first-order chi connectivity index (χ1) is 3.29. The summed E-state index contributed by atoms with van der Waals surface area (Å²) < 4.78 is 0. The summed E-state index contributed by atoms with van der Waals surface area (Å²) in [7, 11) is 0. The van der Waals surface area contributed by atoms with Gasteiger partial charge >= 0.3 is 0 Å². The molecule has 0 saturated heterocycles. The first-order valence-electron chi connectivity index (χ1n) is 2.80. The van der Waals surface area contributed by atoms with Crippen LogP contribution in [0.3, 0.4) is 0 Å². The lowest BCUT2D eigenvalue weighted by atomic mass is 10.2. The molecule has 0 spiro atoms. The van der Waals surface area contributed by atoms with E-state index in [1.807, 2.05) is 0 Å². The molecular weight excluding hydrogens is 248 g/mol. The monoisotopic (exact) mass is 260 g/mol. The normalized spacial score (nSPS) is 32.7.